The van der Waals surface area contributed by atoms with Crippen LogP contribution < -0.4 is 10.0 Å². The van der Waals surface area contributed by atoms with Gasteiger partial charge in [-0.1, -0.05) is 11.6 Å². The Hall–Kier alpha value is -2.49. The monoisotopic (exact) mass is 422 g/mol. The summed E-state index contributed by atoms with van der Waals surface area (Å²) in [4.78, 5) is 20.2. The lowest BCUT2D eigenvalue weighted by atomic mass is 10.2. The molecule has 1 aromatic carbocycles. The Morgan fingerprint density at radius 3 is 2.52 bits per heavy atom. The molecule has 0 atom stereocenters. The maximum atomic E-state index is 12.3. The number of hydrogen-bond acceptors (Lipinski definition) is 6. The van der Waals surface area contributed by atoms with Crippen molar-refractivity contribution in [3.05, 3.63) is 70.5 Å². The summed E-state index contributed by atoms with van der Waals surface area (Å²) < 4.78 is 27.1. The van der Waals surface area contributed by atoms with Crippen LogP contribution in [0.5, 0.6) is 0 Å². The van der Waals surface area contributed by atoms with Crippen molar-refractivity contribution in [2.75, 3.05) is 4.72 Å². The molecule has 2 heterocycles. The van der Waals surface area contributed by atoms with Gasteiger partial charge in [0.1, 0.15) is 0 Å². The molecule has 0 aliphatic rings. The van der Waals surface area contributed by atoms with Gasteiger partial charge in [-0.2, -0.15) is 0 Å². The molecule has 27 heavy (non-hydrogen) atoms. The van der Waals surface area contributed by atoms with Crippen LogP contribution in [0, 0.1) is 0 Å². The average molecular weight is 423 g/mol. The van der Waals surface area contributed by atoms with E-state index in [0.29, 0.717) is 17.3 Å². The van der Waals surface area contributed by atoms with E-state index in [1.807, 2.05) is 12.1 Å². The predicted octanol–water partition coefficient (Wildman–Crippen LogP) is 2.85. The maximum Gasteiger partial charge on any atom is 0.263 e. The van der Waals surface area contributed by atoms with E-state index in [1.165, 1.54) is 24.3 Å². The van der Waals surface area contributed by atoms with Gasteiger partial charge in [0.05, 0.1) is 17.0 Å². The molecule has 3 rings (SSSR count). The van der Waals surface area contributed by atoms with Crippen molar-refractivity contribution in [2.24, 2.45) is 0 Å². The Balaban J connectivity index is 1.58. The molecule has 140 valence electrons. The van der Waals surface area contributed by atoms with E-state index in [4.69, 9.17) is 11.6 Å². The van der Waals surface area contributed by atoms with Gasteiger partial charge in [0.25, 0.3) is 10.0 Å². The summed E-state index contributed by atoms with van der Waals surface area (Å²) in [6, 6.07) is 9.43. The largest absolute Gasteiger partial charge is 0.352 e. The lowest BCUT2D eigenvalue weighted by Gasteiger charge is -2.05. The highest BCUT2D eigenvalue weighted by Crippen LogP contribution is 2.21. The van der Waals surface area contributed by atoms with Gasteiger partial charge in [-0.05, 0) is 42.0 Å². The zero-order chi connectivity index (χ0) is 19.3. The van der Waals surface area contributed by atoms with Crippen molar-refractivity contribution in [1.29, 1.82) is 0 Å². The minimum atomic E-state index is -3.76. The lowest BCUT2D eigenvalue weighted by Crippen LogP contribution is -2.24. The third-order valence-corrected chi connectivity index (χ3v) is 6.02. The van der Waals surface area contributed by atoms with E-state index in [-0.39, 0.29) is 22.4 Å². The minimum Gasteiger partial charge on any atom is -0.352 e. The van der Waals surface area contributed by atoms with E-state index in [1.54, 1.807) is 17.8 Å². The fraction of sp³-hybridized carbons (Fsp3) is 0.118. The highest BCUT2D eigenvalue weighted by Gasteiger charge is 2.16. The van der Waals surface area contributed by atoms with E-state index < -0.39 is 10.0 Å². The van der Waals surface area contributed by atoms with Crippen molar-refractivity contribution in [3.8, 4) is 0 Å². The van der Waals surface area contributed by atoms with E-state index in [2.05, 4.69) is 20.0 Å². The topological polar surface area (TPSA) is 101 Å². The van der Waals surface area contributed by atoms with Crippen LogP contribution in [0.2, 0.25) is 5.02 Å². The number of rotatable bonds is 7. The van der Waals surface area contributed by atoms with Crippen LogP contribution in [-0.2, 0) is 27.8 Å². The smallest absolute Gasteiger partial charge is 0.263 e. The molecule has 0 saturated heterocycles. The Labute approximate surface area is 165 Å². The van der Waals surface area contributed by atoms with Crippen molar-refractivity contribution in [1.82, 2.24) is 15.3 Å². The molecule has 0 saturated carbocycles. The summed E-state index contributed by atoms with van der Waals surface area (Å²) in [6.07, 6.45) is 3.37. The number of halogens is 1. The molecule has 0 bridgehead atoms. The molecule has 0 fully saturated rings. The number of hydrogen-bond donors (Lipinski definition) is 2. The van der Waals surface area contributed by atoms with Crippen LogP contribution in [0.1, 0.15) is 11.3 Å². The van der Waals surface area contributed by atoms with Gasteiger partial charge in [-0.3, -0.25) is 14.5 Å². The molecule has 2 aromatic heterocycles. The molecule has 3 aromatic rings. The molecular formula is C17H15ClN4O3S2. The van der Waals surface area contributed by atoms with Crippen LogP contribution in [-0.4, -0.2) is 24.3 Å². The summed E-state index contributed by atoms with van der Waals surface area (Å²) in [5.74, 6) is -0.204. The molecule has 0 radical (unpaired) electrons. The minimum absolute atomic E-state index is 0.0598. The molecule has 0 unspecified atom stereocenters. The summed E-state index contributed by atoms with van der Waals surface area (Å²) in [5, 5.41) is 5.07. The first-order chi connectivity index (χ1) is 12.9. The number of nitrogens with one attached hydrogen (secondary N) is 2. The highest BCUT2D eigenvalue weighted by atomic mass is 35.5. The number of sulfonamides is 1. The van der Waals surface area contributed by atoms with Gasteiger partial charge in [0.15, 0.2) is 5.13 Å². The van der Waals surface area contributed by atoms with Gasteiger partial charge in [0.2, 0.25) is 5.91 Å². The van der Waals surface area contributed by atoms with Crippen LogP contribution in [0.15, 0.2) is 59.1 Å². The standard InChI is InChI=1S/C17H15ClN4O3S2/c18-13-1-3-15(4-2-13)27(24,25)22-17-21-14(11-26-17)9-16(23)20-10-12-5-7-19-8-6-12/h1-8,11H,9-10H2,(H,20,23)(H,21,22). The zero-order valence-electron chi connectivity index (χ0n) is 13.9. The van der Waals surface area contributed by atoms with Crippen molar-refractivity contribution < 1.29 is 13.2 Å². The highest BCUT2D eigenvalue weighted by molar-refractivity contribution is 7.93. The molecular weight excluding hydrogens is 408 g/mol. The summed E-state index contributed by atoms with van der Waals surface area (Å²) in [6.45, 7) is 0.390. The van der Waals surface area contributed by atoms with Crippen molar-refractivity contribution in [3.63, 3.8) is 0 Å². The van der Waals surface area contributed by atoms with Crippen molar-refractivity contribution in [2.45, 2.75) is 17.9 Å². The predicted molar refractivity (Wildman–Crippen MR) is 104 cm³/mol. The summed E-state index contributed by atoms with van der Waals surface area (Å²) in [7, 11) is -3.76. The van der Waals surface area contributed by atoms with Gasteiger partial charge >= 0.3 is 0 Å². The number of aromatic nitrogens is 2. The molecule has 0 spiro atoms. The Kier molecular flexibility index (Phi) is 6.04. The average Bonchev–Trinajstić information content (AvgIpc) is 3.07. The first kappa shape index (κ1) is 19.3. The quantitative estimate of drug-likeness (QED) is 0.609. The summed E-state index contributed by atoms with van der Waals surface area (Å²) >= 11 is 6.89. The second kappa shape index (κ2) is 8.47. The molecule has 1 amide bonds. The van der Waals surface area contributed by atoms with E-state index >= 15 is 0 Å². The normalized spacial score (nSPS) is 11.1. The SMILES string of the molecule is O=C(Cc1csc(NS(=O)(=O)c2ccc(Cl)cc2)n1)NCc1ccncc1. The number of pyridine rings is 1. The molecule has 7 nitrogen and oxygen atoms in total. The van der Waals surface area contributed by atoms with Gasteiger partial charge in [-0.25, -0.2) is 13.4 Å². The Bertz CT molecular complexity index is 1020. The van der Waals surface area contributed by atoms with Crippen LogP contribution >= 0.6 is 22.9 Å². The third kappa shape index (κ3) is 5.49. The second-order valence-electron chi connectivity index (χ2n) is 5.51. The second-order valence-corrected chi connectivity index (χ2v) is 8.49. The first-order valence-electron chi connectivity index (χ1n) is 7.81. The van der Waals surface area contributed by atoms with Crippen LogP contribution in [0.25, 0.3) is 0 Å². The lowest BCUT2D eigenvalue weighted by molar-refractivity contribution is -0.120. The van der Waals surface area contributed by atoms with E-state index in [9.17, 15) is 13.2 Å². The number of anilines is 1. The van der Waals surface area contributed by atoms with Crippen LogP contribution in [0.3, 0.4) is 0 Å². The third-order valence-electron chi connectivity index (χ3n) is 3.48. The molecule has 10 heteroatoms. The number of carbonyl (C=O) groups is 1. The van der Waals surface area contributed by atoms with Crippen LogP contribution in [0.4, 0.5) is 5.13 Å². The Morgan fingerprint density at radius 2 is 1.81 bits per heavy atom. The summed E-state index contributed by atoms with van der Waals surface area (Å²) in [5.41, 5.74) is 1.43. The fourth-order valence-electron chi connectivity index (χ4n) is 2.15. The van der Waals surface area contributed by atoms with Crippen molar-refractivity contribution >= 4 is 44.0 Å². The number of nitrogens with zero attached hydrogens (tertiary/aromatic N) is 2. The fourth-order valence-corrected chi connectivity index (χ4v) is 4.24. The maximum absolute atomic E-state index is 12.3. The number of thiazole rings is 1. The van der Waals surface area contributed by atoms with Gasteiger partial charge in [-0.15, -0.1) is 11.3 Å². The molecule has 0 aliphatic heterocycles. The van der Waals surface area contributed by atoms with Gasteiger partial charge < -0.3 is 5.32 Å². The number of amides is 1. The van der Waals surface area contributed by atoms with Gasteiger partial charge in [0, 0.05) is 29.3 Å². The zero-order valence-corrected chi connectivity index (χ0v) is 16.3. The van der Waals surface area contributed by atoms with E-state index in [0.717, 1.165) is 16.9 Å². The first-order valence-corrected chi connectivity index (χ1v) is 10.5. The number of benzene rings is 1. The molecule has 2 N–H and O–H groups in total. The molecule has 0 aliphatic carbocycles. The number of carbonyl (C=O) groups excluding carboxylic acids is 1. The Morgan fingerprint density at radius 1 is 1.11 bits per heavy atom.